The van der Waals surface area contributed by atoms with Crippen LogP contribution in [0.25, 0.3) is 11.1 Å². The van der Waals surface area contributed by atoms with Crippen molar-refractivity contribution >= 4 is 5.91 Å². The summed E-state index contributed by atoms with van der Waals surface area (Å²) in [6.45, 7) is 0. The van der Waals surface area contributed by atoms with Gasteiger partial charge in [-0.2, -0.15) is 0 Å². The Hall–Kier alpha value is -2.10. The van der Waals surface area contributed by atoms with E-state index in [1.54, 1.807) is 12.4 Å². The van der Waals surface area contributed by atoms with Gasteiger partial charge in [-0.15, -0.1) is 0 Å². The summed E-state index contributed by atoms with van der Waals surface area (Å²) in [7, 11) is 0. The molecule has 1 amide bonds. The minimum Gasteiger partial charge on any atom is -0.357 e. The Kier molecular flexibility index (Phi) is 3.25. The first-order valence-electron chi connectivity index (χ1n) is 9.16. The minimum absolute atomic E-state index is 0.0489. The molecule has 4 aliphatic carbocycles. The van der Waals surface area contributed by atoms with Gasteiger partial charge < -0.3 is 10.3 Å². The number of pyridine rings is 1. The third-order valence-corrected chi connectivity index (χ3v) is 6.47. The van der Waals surface area contributed by atoms with Crippen LogP contribution in [0.2, 0.25) is 0 Å². The molecule has 24 heavy (non-hydrogen) atoms. The first kappa shape index (κ1) is 14.3. The van der Waals surface area contributed by atoms with E-state index in [-0.39, 0.29) is 5.91 Å². The van der Waals surface area contributed by atoms with Gasteiger partial charge in [-0.25, -0.2) is 0 Å². The van der Waals surface area contributed by atoms with Crippen molar-refractivity contribution in [3.63, 3.8) is 0 Å². The Morgan fingerprint density at radius 3 is 2.33 bits per heavy atom. The van der Waals surface area contributed by atoms with Crippen molar-refractivity contribution in [1.29, 1.82) is 0 Å². The third-order valence-electron chi connectivity index (χ3n) is 6.47. The van der Waals surface area contributed by atoms with E-state index in [0.29, 0.717) is 23.6 Å². The molecule has 0 saturated heterocycles. The standard InChI is InChI=1S/C20H23N3O/c24-20(18-10-17(11-22-18)14-1-3-21-4-2-14)23-19-15-6-12-5-13(8-15)9-16(19)7-12/h1-4,10-13,15-16,19,22H,5-9H2,(H,23,24). The predicted molar refractivity (Wildman–Crippen MR) is 92.3 cm³/mol. The lowest BCUT2D eigenvalue weighted by atomic mass is 9.54. The number of aromatic nitrogens is 2. The first-order chi connectivity index (χ1) is 11.8. The number of nitrogens with one attached hydrogen (secondary N) is 2. The number of carbonyl (C=O) groups is 1. The zero-order valence-electron chi connectivity index (χ0n) is 13.7. The number of carbonyl (C=O) groups excluding carboxylic acids is 1. The van der Waals surface area contributed by atoms with Gasteiger partial charge in [-0.3, -0.25) is 9.78 Å². The van der Waals surface area contributed by atoms with E-state index in [9.17, 15) is 4.79 Å². The van der Waals surface area contributed by atoms with E-state index in [2.05, 4.69) is 15.3 Å². The van der Waals surface area contributed by atoms with Crippen LogP contribution in [-0.2, 0) is 0 Å². The lowest BCUT2D eigenvalue weighted by Crippen LogP contribution is -2.55. The molecule has 4 heteroatoms. The number of aromatic amines is 1. The summed E-state index contributed by atoms with van der Waals surface area (Å²) in [5, 5.41) is 3.36. The summed E-state index contributed by atoms with van der Waals surface area (Å²) in [4.78, 5) is 19.9. The van der Waals surface area contributed by atoms with E-state index in [0.717, 1.165) is 23.0 Å². The third kappa shape index (κ3) is 2.36. The second-order valence-electron chi connectivity index (χ2n) is 7.97. The molecule has 0 spiro atoms. The van der Waals surface area contributed by atoms with Gasteiger partial charge >= 0.3 is 0 Å². The molecule has 6 rings (SSSR count). The highest BCUT2D eigenvalue weighted by molar-refractivity contribution is 5.94. The van der Waals surface area contributed by atoms with Gasteiger partial charge in [0.25, 0.3) is 5.91 Å². The lowest BCUT2D eigenvalue weighted by Gasteiger charge is -2.54. The summed E-state index contributed by atoms with van der Waals surface area (Å²) in [6, 6.07) is 6.25. The predicted octanol–water partition coefficient (Wildman–Crippen LogP) is 3.63. The van der Waals surface area contributed by atoms with Crippen molar-refractivity contribution in [2.75, 3.05) is 0 Å². The van der Waals surface area contributed by atoms with Crippen LogP contribution >= 0.6 is 0 Å². The molecule has 0 aromatic carbocycles. The SMILES string of the molecule is O=C(NC1C2CC3CC(C2)CC1C3)c1cc(-c2ccncc2)c[nH]1. The summed E-state index contributed by atoms with van der Waals surface area (Å²) >= 11 is 0. The fourth-order valence-corrected chi connectivity index (χ4v) is 5.63. The van der Waals surface area contributed by atoms with Crippen molar-refractivity contribution in [2.45, 2.75) is 38.1 Å². The number of H-pyrrole nitrogens is 1. The van der Waals surface area contributed by atoms with Crippen LogP contribution in [0.15, 0.2) is 36.8 Å². The highest BCUT2D eigenvalue weighted by Crippen LogP contribution is 2.53. The number of nitrogens with zero attached hydrogens (tertiary/aromatic N) is 1. The molecule has 124 valence electrons. The van der Waals surface area contributed by atoms with E-state index in [1.807, 2.05) is 24.4 Å². The molecule has 4 saturated carbocycles. The number of hydrogen-bond acceptors (Lipinski definition) is 2. The molecule has 0 atom stereocenters. The maximum Gasteiger partial charge on any atom is 0.267 e. The molecular formula is C20H23N3O. The molecule has 2 heterocycles. The smallest absolute Gasteiger partial charge is 0.267 e. The average molecular weight is 321 g/mol. The van der Waals surface area contributed by atoms with Crippen LogP contribution in [-0.4, -0.2) is 21.9 Å². The Labute approximate surface area is 142 Å². The monoisotopic (exact) mass is 321 g/mol. The van der Waals surface area contributed by atoms with E-state index < -0.39 is 0 Å². The molecule has 2 aromatic heterocycles. The summed E-state index contributed by atoms with van der Waals surface area (Å²) < 4.78 is 0. The molecule has 4 nitrogen and oxygen atoms in total. The fourth-order valence-electron chi connectivity index (χ4n) is 5.63. The van der Waals surface area contributed by atoms with Gasteiger partial charge in [0.15, 0.2) is 0 Å². The van der Waals surface area contributed by atoms with Gasteiger partial charge in [0, 0.05) is 30.2 Å². The van der Waals surface area contributed by atoms with E-state index in [1.165, 1.54) is 32.1 Å². The van der Waals surface area contributed by atoms with Crippen LogP contribution in [0.3, 0.4) is 0 Å². The van der Waals surface area contributed by atoms with Gasteiger partial charge in [0.1, 0.15) is 5.69 Å². The molecule has 0 radical (unpaired) electrons. The highest BCUT2D eigenvalue weighted by Gasteiger charge is 2.48. The maximum absolute atomic E-state index is 12.7. The summed E-state index contributed by atoms with van der Waals surface area (Å²) in [6.07, 6.45) is 12.2. The molecule has 4 bridgehead atoms. The molecule has 2 N–H and O–H groups in total. The molecule has 0 aliphatic heterocycles. The van der Waals surface area contributed by atoms with Crippen LogP contribution in [0.5, 0.6) is 0 Å². The number of hydrogen-bond donors (Lipinski definition) is 2. The average Bonchev–Trinajstić information content (AvgIpc) is 3.08. The Bertz CT molecular complexity index is 723. The van der Waals surface area contributed by atoms with Gasteiger partial charge in [-0.05, 0) is 79.5 Å². The normalized spacial score (nSPS) is 33.6. The second kappa shape index (κ2) is 5.47. The number of rotatable bonds is 3. The van der Waals surface area contributed by atoms with Crippen LogP contribution < -0.4 is 5.32 Å². The summed E-state index contributed by atoms with van der Waals surface area (Å²) in [5.41, 5.74) is 2.78. The van der Waals surface area contributed by atoms with Crippen molar-refractivity contribution < 1.29 is 4.79 Å². The molecule has 2 aromatic rings. The van der Waals surface area contributed by atoms with Crippen LogP contribution in [0.4, 0.5) is 0 Å². The van der Waals surface area contributed by atoms with Crippen molar-refractivity contribution in [3.8, 4) is 11.1 Å². The topological polar surface area (TPSA) is 57.8 Å². The highest BCUT2D eigenvalue weighted by atomic mass is 16.1. The Morgan fingerprint density at radius 2 is 1.67 bits per heavy atom. The van der Waals surface area contributed by atoms with Gasteiger partial charge in [-0.1, -0.05) is 0 Å². The van der Waals surface area contributed by atoms with Crippen molar-refractivity contribution in [2.24, 2.45) is 23.7 Å². The fraction of sp³-hybridized carbons (Fsp3) is 0.500. The Balaban J connectivity index is 1.32. The molecule has 4 aliphatic rings. The van der Waals surface area contributed by atoms with Crippen molar-refractivity contribution in [3.05, 3.63) is 42.5 Å². The summed E-state index contributed by atoms with van der Waals surface area (Å²) in [5.74, 6) is 3.33. The van der Waals surface area contributed by atoms with E-state index in [4.69, 9.17) is 0 Å². The zero-order chi connectivity index (χ0) is 16.1. The lowest BCUT2D eigenvalue weighted by molar-refractivity contribution is -0.0120. The second-order valence-corrected chi connectivity index (χ2v) is 7.97. The maximum atomic E-state index is 12.7. The van der Waals surface area contributed by atoms with Gasteiger partial charge in [0.2, 0.25) is 0 Å². The van der Waals surface area contributed by atoms with Crippen molar-refractivity contribution in [1.82, 2.24) is 15.3 Å². The molecular weight excluding hydrogens is 298 g/mol. The minimum atomic E-state index is 0.0489. The quantitative estimate of drug-likeness (QED) is 0.907. The largest absolute Gasteiger partial charge is 0.357 e. The van der Waals surface area contributed by atoms with Crippen LogP contribution in [0, 0.1) is 23.7 Å². The van der Waals surface area contributed by atoms with E-state index >= 15 is 0 Å². The number of amides is 1. The van der Waals surface area contributed by atoms with Gasteiger partial charge in [0.05, 0.1) is 0 Å². The zero-order valence-corrected chi connectivity index (χ0v) is 13.7. The Morgan fingerprint density at radius 1 is 1.00 bits per heavy atom. The first-order valence-corrected chi connectivity index (χ1v) is 9.16. The van der Waals surface area contributed by atoms with Crippen LogP contribution in [0.1, 0.15) is 42.6 Å². The molecule has 0 unspecified atom stereocenters. The molecule has 4 fully saturated rings.